The van der Waals surface area contributed by atoms with Gasteiger partial charge in [0.2, 0.25) is 0 Å². The number of halogens is 1. The molecule has 100 valence electrons. The summed E-state index contributed by atoms with van der Waals surface area (Å²) in [6, 6.07) is 6.41. The Morgan fingerprint density at radius 1 is 1.56 bits per heavy atom. The maximum absolute atomic E-state index is 5.68. The molecule has 0 aromatic heterocycles. The number of benzene rings is 1. The van der Waals surface area contributed by atoms with E-state index in [0.29, 0.717) is 12.1 Å². The zero-order chi connectivity index (χ0) is 13.0. The van der Waals surface area contributed by atoms with E-state index < -0.39 is 0 Å². The van der Waals surface area contributed by atoms with Crippen molar-refractivity contribution in [1.29, 1.82) is 0 Å². The van der Waals surface area contributed by atoms with Crippen LogP contribution in [0.15, 0.2) is 22.7 Å². The SMILES string of the molecule is COc1ccc(Br)c(CNC(C)C2CCCO2)c1. The van der Waals surface area contributed by atoms with Crippen molar-refractivity contribution in [2.45, 2.75) is 38.5 Å². The van der Waals surface area contributed by atoms with Crippen molar-refractivity contribution in [2.24, 2.45) is 0 Å². The van der Waals surface area contributed by atoms with Gasteiger partial charge in [0, 0.05) is 23.7 Å². The highest BCUT2D eigenvalue weighted by molar-refractivity contribution is 9.10. The van der Waals surface area contributed by atoms with Crippen molar-refractivity contribution >= 4 is 15.9 Å². The molecule has 18 heavy (non-hydrogen) atoms. The fraction of sp³-hybridized carbons (Fsp3) is 0.571. The fourth-order valence-corrected chi connectivity index (χ4v) is 2.60. The first-order chi connectivity index (χ1) is 8.70. The average Bonchev–Trinajstić information content (AvgIpc) is 2.91. The summed E-state index contributed by atoms with van der Waals surface area (Å²) in [6.45, 7) is 3.91. The van der Waals surface area contributed by atoms with Gasteiger partial charge < -0.3 is 14.8 Å². The molecule has 2 unspecified atom stereocenters. The van der Waals surface area contributed by atoms with Gasteiger partial charge in [0.05, 0.1) is 13.2 Å². The molecule has 1 N–H and O–H groups in total. The Morgan fingerprint density at radius 2 is 2.39 bits per heavy atom. The van der Waals surface area contributed by atoms with E-state index in [-0.39, 0.29) is 0 Å². The van der Waals surface area contributed by atoms with Gasteiger partial charge in [-0.25, -0.2) is 0 Å². The van der Waals surface area contributed by atoms with Crippen LogP contribution in [0.25, 0.3) is 0 Å². The van der Waals surface area contributed by atoms with Gasteiger partial charge in [-0.15, -0.1) is 0 Å². The second kappa shape index (κ2) is 6.55. The van der Waals surface area contributed by atoms with E-state index in [9.17, 15) is 0 Å². The molecule has 1 saturated heterocycles. The molecule has 1 fully saturated rings. The molecule has 1 aromatic rings. The first-order valence-corrected chi connectivity index (χ1v) is 7.17. The molecular weight excluding hydrogens is 294 g/mol. The second-order valence-electron chi connectivity index (χ2n) is 4.68. The Bertz CT molecular complexity index is 391. The molecule has 0 spiro atoms. The summed E-state index contributed by atoms with van der Waals surface area (Å²) in [4.78, 5) is 0. The molecule has 1 aliphatic rings. The number of rotatable bonds is 5. The molecule has 0 amide bonds. The minimum Gasteiger partial charge on any atom is -0.497 e. The summed E-state index contributed by atoms with van der Waals surface area (Å²) in [5.74, 6) is 0.889. The van der Waals surface area contributed by atoms with Crippen LogP contribution in [0.3, 0.4) is 0 Å². The van der Waals surface area contributed by atoms with E-state index >= 15 is 0 Å². The Hall–Kier alpha value is -0.580. The molecule has 0 radical (unpaired) electrons. The van der Waals surface area contributed by atoms with Crippen LogP contribution in [-0.2, 0) is 11.3 Å². The van der Waals surface area contributed by atoms with E-state index in [4.69, 9.17) is 9.47 Å². The van der Waals surface area contributed by atoms with Gasteiger partial charge in [0.15, 0.2) is 0 Å². The van der Waals surface area contributed by atoms with Gasteiger partial charge in [0.25, 0.3) is 0 Å². The Labute approximate surface area is 117 Å². The van der Waals surface area contributed by atoms with Crippen LogP contribution in [0.2, 0.25) is 0 Å². The Kier molecular flexibility index (Phi) is 5.03. The van der Waals surface area contributed by atoms with Gasteiger partial charge >= 0.3 is 0 Å². The van der Waals surface area contributed by atoms with E-state index in [1.807, 2.05) is 12.1 Å². The normalized spacial score (nSPS) is 20.9. The maximum atomic E-state index is 5.68. The minimum absolute atomic E-state index is 0.356. The standard InChI is InChI=1S/C14H20BrNO2/c1-10(14-4-3-7-18-14)16-9-11-8-12(17-2)5-6-13(11)15/h5-6,8,10,14,16H,3-4,7,9H2,1-2H3. The van der Waals surface area contributed by atoms with E-state index in [2.05, 4.69) is 34.2 Å². The summed E-state index contributed by atoms with van der Waals surface area (Å²) in [7, 11) is 1.69. The second-order valence-corrected chi connectivity index (χ2v) is 5.53. The summed E-state index contributed by atoms with van der Waals surface area (Å²) in [5.41, 5.74) is 1.21. The topological polar surface area (TPSA) is 30.5 Å². The van der Waals surface area contributed by atoms with Crippen molar-refractivity contribution in [2.75, 3.05) is 13.7 Å². The van der Waals surface area contributed by atoms with Crippen molar-refractivity contribution in [3.8, 4) is 5.75 Å². The molecule has 2 rings (SSSR count). The lowest BCUT2D eigenvalue weighted by Crippen LogP contribution is -2.36. The zero-order valence-electron chi connectivity index (χ0n) is 10.9. The summed E-state index contributed by atoms with van der Waals surface area (Å²) < 4.78 is 12.0. The summed E-state index contributed by atoms with van der Waals surface area (Å²) >= 11 is 3.57. The van der Waals surface area contributed by atoms with Gasteiger partial charge in [-0.05, 0) is 43.5 Å². The molecule has 0 saturated carbocycles. The first kappa shape index (κ1) is 13.8. The van der Waals surface area contributed by atoms with Crippen LogP contribution >= 0.6 is 15.9 Å². The maximum Gasteiger partial charge on any atom is 0.119 e. The summed E-state index contributed by atoms with van der Waals surface area (Å²) in [5, 5.41) is 3.52. The molecule has 3 nitrogen and oxygen atoms in total. The van der Waals surface area contributed by atoms with Crippen LogP contribution in [0.1, 0.15) is 25.3 Å². The van der Waals surface area contributed by atoms with Gasteiger partial charge in [-0.1, -0.05) is 15.9 Å². The highest BCUT2D eigenvalue weighted by Crippen LogP contribution is 2.23. The van der Waals surface area contributed by atoms with Gasteiger partial charge in [-0.2, -0.15) is 0 Å². The van der Waals surface area contributed by atoms with E-state index in [1.165, 1.54) is 12.0 Å². The van der Waals surface area contributed by atoms with E-state index in [0.717, 1.165) is 29.8 Å². The van der Waals surface area contributed by atoms with Crippen molar-refractivity contribution in [3.05, 3.63) is 28.2 Å². The molecule has 4 heteroatoms. The Morgan fingerprint density at radius 3 is 3.06 bits per heavy atom. The lowest BCUT2D eigenvalue weighted by Gasteiger charge is -2.20. The highest BCUT2D eigenvalue weighted by atomic mass is 79.9. The number of nitrogens with one attached hydrogen (secondary N) is 1. The predicted octanol–water partition coefficient (Wildman–Crippen LogP) is 3.11. The first-order valence-electron chi connectivity index (χ1n) is 6.38. The van der Waals surface area contributed by atoms with Crippen molar-refractivity contribution in [1.82, 2.24) is 5.32 Å². The van der Waals surface area contributed by atoms with E-state index in [1.54, 1.807) is 7.11 Å². The summed E-state index contributed by atoms with van der Waals surface area (Å²) in [6.07, 6.45) is 2.70. The number of ether oxygens (including phenoxy) is 2. The van der Waals surface area contributed by atoms with Crippen molar-refractivity contribution < 1.29 is 9.47 Å². The molecule has 1 aliphatic heterocycles. The quantitative estimate of drug-likeness (QED) is 0.906. The van der Waals surface area contributed by atoms with Crippen LogP contribution in [-0.4, -0.2) is 25.9 Å². The highest BCUT2D eigenvalue weighted by Gasteiger charge is 2.21. The zero-order valence-corrected chi connectivity index (χ0v) is 12.5. The minimum atomic E-state index is 0.356. The number of hydrogen-bond donors (Lipinski definition) is 1. The molecule has 0 bridgehead atoms. The van der Waals surface area contributed by atoms with Crippen LogP contribution in [0.5, 0.6) is 5.75 Å². The smallest absolute Gasteiger partial charge is 0.119 e. The van der Waals surface area contributed by atoms with Crippen molar-refractivity contribution in [3.63, 3.8) is 0 Å². The van der Waals surface area contributed by atoms with Gasteiger partial charge in [-0.3, -0.25) is 0 Å². The number of methoxy groups -OCH3 is 1. The molecule has 2 atom stereocenters. The van der Waals surface area contributed by atoms with Crippen LogP contribution < -0.4 is 10.1 Å². The largest absolute Gasteiger partial charge is 0.497 e. The lowest BCUT2D eigenvalue weighted by molar-refractivity contribution is 0.0832. The third-order valence-corrected chi connectivity index (χ3v) is 4.16. The van der Waals surface area contributed by atoms with Crippen LogP contribution in [0.4, 0.5) is 0 Å². The predicted molar refractivity (Wildman–Crippen MR) is 76.0 cm³/mol. The molecule has 1 aromatic carbocycles. The Balaban J connectivity index is 1.92. The lowest BCUT2D eigenvalue weighted by atomic mass is 10.1. The monoisotopic (exact) mass is 313 g/mol. The molecule has 1 heterocycles. The molecule has 0 aliphatic carbocycles. The fourth-order valence-electron chi connectivity index (χ4n) is 2.21. The molecular formula is C14H20BrNO2. The average molecular weight is 314 g/mol. The third kappa shape index (κ3) is 3.46. The number of hydrogen-bond acceptors (Lipinski definition) is 3. The van der Waals surface area contributed by atoms with Crippen LogP contribution in [0, 0.1) is 0 Å². The third-order valence-electron chi connectivity index (χ3n) is 3.39. The van der Waals surface area contributed by atoms with Gasteiger partial charge in [0.1, 0.15) is 5.75 Å².